The van der Waals surface area contributed by atoms with Crippen LogP contribution in [-0.4, -0.2) is 27.9 Å². The molecule has 0 aromatic heterocycles. The molecule has 5 heteroatoms. The van der Waals surface area contributed by atoms with E-state index < -0.39 is 9.84 Å². The number of aryl methyl sites for hydroxylation is 1. The maximum absolute atomic E-state index is 11.9. The van der Waals surface area contributed by atoms with E-state index in [1.165, 1.54) is 0 Å². The fourth-order valence-electron chi connectivity index (χ4n) is 1.78. The zero-order valence-electron chi connectivity index (χ0n) is 11.0. The first-order chi connectivity index (χ1) is 8.48. The molecule has 1 aromatic rings. The van der Waals surface area contributed by atoms with Gasteiger partial charge in [0.2, 0.25) is 0 Å². The molecule has 2 N–H and O–H groups in total. The summed E-state index contributed by atoms with van der Waals surface area (Å²) in [6, 6.07) is 5.68. The van der Waals surface area contributed by atoms with Crippen molar-refractivity contribution >= 4 is 9.84 Å². The fraction of sp³-hybridized carbons (Fsp3) is 0.538. The van der Waals surface area contributed by atoms with E-state index in [1.807, 2.05) is 25.1 Å². The number of sulfone groups is 1. The van der Waals surface area contributed by atoms with Gasteiger partial charge >= 0.3 is 0 Å². The predicted molar refractivity (Wildman–Crippen MR) is 73.1 cm³/mol. The van der Waals surface area contributed by atoms with E-state index in [2.05, 4.69) is 0 Å². The monoisotopic (exact) mass is 271 g/mol. The molecule has 4 nitrogen and oxygen atoms in total. The molecule has 0 unspecified atom stereocenters. The Bertz CT molecular complexity index is 483. The zero-order chi connectivity index (χ0) is 13.6. The van der Waals surface area contributed by atoms with Gasteiger partial charge in [-0.1, -0.05) is 18.2 Å². The van der Waals surface area contributed by atoms with E-state index in [0.29, 0.717) is 19.6 Å². The van der Waals surface area contributed by atoms with Crippen molar-refractivity contribution in [1.82, 2.24) is 0 Å². The highest BCUT2D eigenvalue weighted by Crippen LogP contribution is 2.15. The standard InChI is InChI=1S/C13H21NO3S/c1-11-8-12(9-14)4-5-13(11)10-18(15,16)7-3-6-17-2/h4-5,8H,3,6-7,9-10,14H2,1-2H3. The van der Waals surface area contributed by atoms with Crippen LogP contribution in [0.15, 0.2) is 18.2 Å². The largest absolute Gasteiger partial charge is 0.385 e. The van der Waals surface area contributed by atoms with Crippen molar-refractivity contribution in [1.29, 1.82) is 0 Å². The van der Waals surface area contributed by atoms with Crippen molar-refractivity contribution in [3.8, 4) is 0 Å². The lowest BCUT2D eigenvalue weighted by atomic mass is 10.1. The van der Waals surface area contributed by atoms with Crippen LogP contribution in [0.25, 0.3) is 0 Å². The first-order valence-corrected chi connectivity index (χ1v) is 7.78. The summed E-state index contributed by atoms with van der Waals surface area (Å²) in [5.41, 5.74) is 8.40. The highest BCUT2D eigenvalue weighted by atomic mass is 32.2. The predicted octanol–water partition coefficient (Wildman–Crippen LogP) is 1.41. The second-order valence-corrected chi connectivity index (χ2v) is 6.59. The highest BCUT2D eigenvalue weighted by Gasteiger charge is 2.13. The molecule has 1 rings (SSSR count). The van der Waals surface area contributed by atoms with Crippen molar-refractivity contribution in [3.05, 3.63) is 34.9 Å². The molecule has 0 aliphatic carbocycles. The minimum atomic E-state index is -3.06. The van der Waals surface area contributed by atoms with Crippen molar-refractivity contribution in [2.75, 3.05) is 19.5 Å². The maximum Gasteiger partial charge on any atom is 0.154 e. The molecular weight excluding hydrogens is 250 g/mol. The van der Waals surface area contributed by atoms with Crippen molar-refractivity contribution in [3.63, 3.8) is 0 Å². The average Bonchev–Trinajstić information content (AvgIpc) is 2.31. The summed E-state index contributed by atoms with van der Waals surface area (Å²) in [7, 11) is -1.49. The molecule has 0 saturated carbocycles. The Hall–Kier alpha value is -0.910. The molecule has 1 aromatic carbocycles. The van der Waals surface area contributed by atoms with Crippen molar-refractivity contribution in [2.24, 2.45) is 5.73 Å². The number of ether oxygens (including phenoxy) is 1. The number of hydrogen-bond donors (Lipinski definition) is 1. The van der Waals surface area contributed by atoms with Gasteiger partial charge in [-0.05, 0) is 30.0 Å². The summed E-state index contributed by atoms with van der Waals surface area (Å²) < 4.78 is 28.7. The Morgan fingerprint density at radius 1 is 1.33 bits per heavy atom. The van der Waals surface area contributed by atoms with Crippen molar-refractivity contribution in [2.45, 2.75) is 25.6 Å². The minimum absolute atomic E-state index is 0.0907. The third-order valence-corrected chi connectivity index (χ3v) is 4.48. The van der Waals surface area contributed by atoms with Crippen LogP contribution in [0.4, 0.5) is 0 Å². The molecule has 18 heavy (non-hydrogen) atoms. The first-order valence-electron chi connectivity index (χ1n) is 5.96. The molecule has 0 radical (unpaired) electrons. The summed E-state index contributed by atoms with van der Waals surface area (Å²) in [5, 5.41) is 0. The Labute approximate surface area is 109 Å². The van der Waals surface area contributed by atoms with Crippen LogP contribution in [0.3, 0.4) is 0 Å². The van der Waals surface area contributed by atoms with E-state index in [4.69, 9.17) is 10.5 Å². The smallest absolute Gasteiger partial charge is 0.154 e. The molecule has 0 bridgehead atoms. The summed E-state index contributed by atoms with van der Waals surface area (Å²) in [6.07, 6.45) is 0.540. The van der Waals surface area contributed by atoms with Crippen molar-refractivity contribution < 1.29 is 13.2 Å². The lowest BCUT2D eigenvalue weighted by Crippen LogP contribution is -2.12. The van der Waals surface area contributed by atoms with Crippen LogP contribution in [0.5, 0.6) is 0 Å². The van der Waals surface area contributed by atoms with Gasteiger partial charge in [-0.15, -0.1) is 0 Å². The topological polar surface area (TPSA) is 69.4 Å². The van der Waals surface area contributed by atoms with Gasteiger partial charge in [0.05, 0.1) is 11.5 Å². The van der Waals surface area contributed by atoms with Gasteiger partial charge in [0.15, 0.2) is 9.84 Å². The molecule has 0 spiro atoms. The van der Waals surface area contributed by atoms with Crippen LogP contribution in [-0.2, 0) is 26.9 Å². The van der Waals surface area contributed by atoms with Gasteiger partial charge in [0.1, 0.15) is 0 Å². The van der Waals surface area contributed by atoms with Gasteiger partial charge in [-0.2, -0.15) is 0 Å². The molecule has 0 aliphatic rings. The normalized spacial score (nSPS) is 11.7. The molecule has 0 saturated heterocycles. The van der Waals surface area contributed by atoms with Gasteiger partial charge in [-0.25, -0.2) is 8.42 Å². The summed E-state index contributed by atoms with van der Waals surface area (Å²) in [5.74, 6) is 0.256. The Morgan fingerprint density at radius 2 is 2.06 bits per heavy atom. The van der Waals surface area contributed by atoms with Crippen LogP contribution < -0.4 is 5.73 Å². The van der Waals surface area contributed by atoms with E-state index in [9.17, 15) is 8.42 Å². The molecule has 0 aliphatic heterocycles. The average molecular weight is 271 g/mol. The van der Waals surface area contributed by atoms with Crippen LogP contribution in [0, 0.1) is 6.92 Å². The lowest BCUT2D eigenvalue weighted by molar-refractivity contribution is 0.199. The zero-order valence-corrected chi connectivity index (χ0v) is 11.8. The Kier molecular flexibility index (Phi) is 5.78. The number of methoxy groups -OCH3 is 1. The van der Waals surface area contributed by atoms with E-state index in [-0.39, 0.29) is 11.5 Å². The highest BCUT2D eigenvalue weighted by molar-refractivity contribution is 7.90. The number of benzene rings is 1. The number of hydrogen-bond acceptors (Lipinski definition) is 4. The first kappa shape index (κ1) is 15.1. The van der Waals surface area contributed by atoms with E-state index in [0.717, 1.165) is 16.7 Å². The minimum Gasteiger partial charge on any atom is -0.385 e. The van der Waals surface area contributed by atoms with Gasteiger partial charge in [0.25, 0.3) is 0 Å². The third kappa shape index (κ3) is 4.76. The molecule has 0 heterocycles. The Balaban J connectivity index is 2.72. The van der Waals surface area contributed by atoms with Crippen LogP contribution in [0.2, 0.25) is 0 Å². The number of rotatable bonds is 7. The molecule has 0 fully saturated rings. The molecule has 0 atom stereocenters. The third-order valence-electron chi connectivity index (χ3n) is 2.82. The maximum atomic E-state index is 11.9. The quantitative estimate of drug-likeness (QED) is 0.761. The van der Waals surface area contributed by atoms with Gasteiger partial charge < -0.3 is 10.5 Å². The summed E-state index contributed by atoms with van der Waals surface area (Å²) >= 11 is 0. The van der Waals surface area contributed by atoms with Gasteiger partial charge in [0, 0.05) is 20.3 Å². The molecular formula is C13H21NO3S. The van der Waals surface area contributed by atoms with Crippen LogP contribution >= 0.6 is 0 Å². The second kappa shape index (κ2) is 6.87. The fourth-order valence-corrected chi connectivity index (χ4v) is 3.28. The second-order valence-electron chi connectivity index (χ2n) is 4.40. The SMILES string of the molecule is COCCCS(=O)(=O)Cc1ccc(CN)cc1C. The van der Waals surface area contributed by atoms with E-state index >= 15 is 0 Å². The molecule has 102 valence electrons. The van der Waals surface area contributed by atoms with Crippen LogP contribution in [0.1, 0.15) is 23.1 Å². The van der Waals surface area contributed by atoms with E-state index in [1.54, 1.807) is 7.11 Å². The summed E-state index contributed by atoms with van der Waals surface area (Å²) in [6.45, 7) is 2.87. The Morgan fingerprint density at radius 3 is 2.61 bits per heavy atom. The molecule has 0 amide bonds. The number of nitrogens with two attached hydrogens (primary N) is 1. The lowest BCUT2D eigenvalue weighted by Gasteiger charge is -2.08. The summed E-state index contributed by atoms with van der Waals surface area (Å²) in [4.78, 5) is 0. The van der Waals surface area contributed by atoms with Gasteiger partial charge in [-0.3, -0.25) is 0 Å².